The van der Waals surface area contributed by atoms with E-state index in [0.717, 1.165) is 25.5 Å². The molecular weight excluding hydrogens is 604 g/mol. The van der Waals surface area contributed by atoms with Gasteiger partial charge in [0.15, 0.2) is 0 Å². The molecule has 12 atom stereocenters. The zero-order chi connectivity index (χ0) is 34.8. The number of fused-ring (bicyclic) bond motifs is 9. The lowest BCUT2D eigenvalue weighted by Gasteiger charge is -2.72. The van der Waals surface area contributed by atoms with E-state index in [1.807, 2.05) is 12.1 Å². The van der Waals surface area contributed by atoms with Crippen LogP contribution >= 0.6 is 0 Å². The van der Waals surface area contributed by atoms with E-state index in [9.17, 15) is 9.90 Å². The van der Waals surface area contributed by atoms with Crippen LogP contribution in [0.1, 0.15) is 129 Å². The van der Waals surface area contributed by atoms with Crippen LogP contribution in [-0.4, -0.2) is 54.5 Å². The number of carbonyl (C=O) groups is 1. The molecule has 0 amide bonds. The number of nitrogens with one attached hydrogen (secondary N) is 2. The van der Waals surface area contributed by atoms with Gasteiger partial charge in [0.1, 0.15) is 24.8 Å². The number of hydrogen-bond acceptors (Lipinski definition) is 3. The molecule has 0 radical (unpaired) electrons. The molecule has 0 aromatic heterocycles. The molecule has 4 saturated carbocycles. The maximum atomic E-state index is 11.6. The molecule has 2 aliphatic heterocycles. The summed E-state index contributed by atoms with van der Waals surface area (Å²) < 4.78 is 6.03. The van der Waals surface area contributed by atoms with Crippen molar-refractivity contribution in [3.8, 4) is 0 Å². The lowest BCUT2D eigenvalue weighted by atomic mass is 9.33. The maximum absolute atomic E-state index is 11.6. The number of benzene rings is 1. The van der Waals surface area contributed by atoms with Crippen LogP contribution in [0.25, 0.3) is 5.57 Å². The molecule has 1 aromatic carbocycles. The molecular formula is C44H65N2O3+. The van der Waals surface area contributed by atoms with Crippen molar-refractivity contribution in [1.82, 2.24) is 5.32 Å². The average Bonchev–Trinajstić information content (AvgIpc) is 3.71. The van der Waals surface area contributed by atoms with Crippen LogP contribution in [0.15, 0.2) is 42.5 Å². The van der Waals surface area contributed by atoms with Crippen LogP contribution in [-0.2, 0) is 4.74 Å². The Kier molecular flexibility index (Phi) is 7.86. The zero-order valence-electron chi connectivity index (χ0n) is 31.7. The SMILES string of the molecule is C=C(C)[C@@H]1CC[C@]2(NCC[NH+]3C[C@@H]4CC3(C)CO4)CC[C@]3(C)[C@H](CC[C@@H]4[C@@]5(C)CC=C(c6ccc(C(=O)O)cc6)C(C)(C)[C@@H]5CC[C@]43C)[C@@H]12. The number of morpholine rings is 1. The Labute approximate surface area is 296 Å². The van der Waals surface area contributed by atoms with Gasteiger partial charge in [-0.2, -0.15) is 0 Å². The van der Waals surface area contributed by atoms with Crippen molar-refractivity contribution < 1.29 is 19.5 Å². The quantitative estimate of drug-likeness (QED) is 0.259. The third-order valence-electron chi connectivity index (χ3n) is 17.6. The number of rotatable bonds is 7. The van der Waals surface area contributed by atoms with E-state index in [2.05, 4.69) is 66.4 Å². The minimum atomic E-state index is -0.853. The predicted octanol–water partition coefficient (Wildman–Crippen LogP) is 7.82. The summed E-state index contributed by atoms with van der Waals surface area (Å²) in [6.45, 7) is 27.1. The average molecular weight is 670 g/mol. The van der Waals surface area contributed by atoms with Crippen LogP contribution in [0.4, 0.5) is 0 Å². The number of likely N-dealkylation sites (tertiary alicyclic amines) is 1. The smallest absolute Gasteiger partial charge is 0.335 e. The first-order valence-electron chi connectivity index (χ1n) is 20.0. The van der Waals surface area contributed by atoms with Gasteiger partial charge in [0, 0.05) is 18.5 Å². The second kappa shape index (κ2) is 11.3. The topological polar surface area (TPSA) is 63.0 Å². The summed E-state index contributed by atoms with van der Waals surface area (Å²) in [5.74, 6) is 2.56. The van der Waals surface area contributed by atoms with Gasteiger partial charge in [0.2, 0.25) is 0 Å². The fourth-order valence-corrected chi connectivity index (χ4v) is 15.0. The Morgan fingerprint density at radius 1 is 0.959 bits per heavy atom. The van der Waals surface area contributed by atoms with E-state index in [0.29, 0.717) is 51.7 Å². The zero-order valence-corrected chi connectivity index (χ0v) is 31.7. The van der Waals surface area contributed by atoms with Crippen LogP contribution in [0.5, 0.6) is 0 Å². The van der Waals surface area contributed by atoms with Crippen molar-refractivity contribution in [3.63, 3.8) is 0 Å². The normalized spacial score (nSPS) is 47.8. The Balaban J connectivity index is 1.06. The number of quaternary nitrogens is 1. The number of carboxylic acids is 1. The molecule has 1 aromatic rings. The summed E-state index contributed by atoms with van der Waals surface area (Å²) >= 11 is 0. The molecule has 268 valence electrons. The number of carboxylic acid groups (broad SMARTS) is 1. The summed E-state index contributed by atoms with van der Waals surface area (Å²) in [7, 11) is 0. The van der Waals surface area contributed by atoms with E-state index >= 15 is 0 Å². The standard InChI is InChI=1S/C44H64N2O3/c1-28(2)32-15-20-44(45-23-24-46-26-31-25-40(46,5)27-49-31)22-21-42(7)34(37(32)44)13-14-36-41(6)18-16-33(29-9-11-30(12-10-29)38(47)48)39(3,4)35(41)17-19-43(36,42)8/h9-12,16,31-32,34-37,45H,1,13-15,17-27H2,2-8H3,(H,47,48)/p+1/t31-,32-,34+,35-,36+,37+,40?,41-,42+,43+,44-/m0/s1. The van der Waals surface area contributed by atoms with Gasteiger partial charge in [-0.3, -0.25) is 0 Å². The Bertz CT molecular complexity index is 1550. The van der Waals surface area contributed by atoms with Gasteiger partial charge in [-0.25, -0.2) is 4.79 Å². The van der Waals surface area contributed by atoms with Gasteiger partial charge in [-0.05, 0) is 146 Å². The van der Waals surface area contributed by atoms with Gasteiger partial charge >= 0.3 is 5.97 Å². The van der Waals surface area contributed by atoms with Crippen molar-refractivity contribution >= 4 is 11.5 Å². The Morgan fingerprint density at radius 2 is 1.71 bits per heavy atom. The summed E-state index contributed by atoms with van der Waals surface area (Å²) in [5.41, 5.74) is 5.96. The molecule has 3 N–H and O–H groups in total. The highest BCUT2D eigenvalue weighted by atomic mass is 16.5. The van der Waals surface area contributed by atoms with Crippen LogP contribution in [0.2, 0.25) is 0 Å². The maximum Gasteiger partial charge on any atom is 0.335 e. The Hall–Kier alpha value is -1.95. The number of aromatic carboxylic acids is 1. The first kappa shape index (κ1) is 34.2. The fraction of sp³-hybridized carbons (Fsp3) is 0.750. The summed E-state index contributed by atoms with van der Waals surface area (Å²) in [5, 5.41) is 13.9. The van der Waals surface area contributed by atoms with Crippen molar-refractivity contribution in [2.75, 3.05) is 26.2 Å². The molecule has 6 fully saturated rings. The summed E-state index contributed by atoms with van der Waals surface area (Å²) in [4.78, 5) is 13.3. The minimum Gasteiger partial charge on any atom is -0.478 e. The van der Waals surface area contributed by atoms with Crippen molar-refractivity contribution in [2.45, 2.75) is 130 Å². The van der Waals surface area contributed by atoms with E-state index in [1.165, 1.54) is 87.6 Å². The van der Waals surface area contributed by atoms with Crippen LogP contribution < -0.4 is 10.2 Å². The number of ether oxygens (including phenoxy) is 1. The number of allylic oxidation sites excluding steroid dienone is 3. The van der Waals surface area contributed by atoms with E-state index in [1.54, 1.807) is 17.0 Å². The molecule has 7 aliphatic rings. The summed E-state index contributed by atoms with van der Waals surface area (Å²) in [6, 6.07) is 7.67. The third-order valence-corrected chi connectivity index (χ3v) is 17.6. The van der Waals surface area contributed by atoms with E-state index < -0.39 is 5.97 Å². The lowest BCUT2D eigenvalue weighted by Crippen LogP contribution is -3.20. The highest BCUT2D eigenvalue weighted by molar-refractivity contribution is 5.88. The van der Waals surface area contributed by atoms with E-state index in [-0.39, 0.29) is 16.4 Å². The second-order valence-electron chi connectivity index (χ2n) is 20.0. The summed E-state index contributed by atoms with van der Waals surface area (Å²) in [6.07, 6.45) is 16.0. The first-order chi connectivity index (χ1) is 23.1. The highest BCUT2D eigenvalue weighted by Crippen LogP contribution is 2.76. The molecule has 2 bridgehead atoms. The Morgan fingerprint density at radius 3 is 2.37 bits per heavy atom. The minimum absolute atomic E-state index is 0.0407. The molecule has 5 aliphatic carbocycles. The van der Waals surface area contributed by atoms with Gasteiger partial charge in [0.05, 0.1) is 12.1 Å². The van der Waals surface area contributed by atoms with Gasteiger partial charge < -0.3 is 20.1 Å². The van der Waals surface area contributed by atoms with Crippen LogP contribution in [0.3, 0.4) is 0 Å². The van der Waals surface area contributed by atoms with Crippen LogP contribution in [0, 0.1) is 51.2 Å². The lowest BCUT2D eigenvalue weighted by molar-refractivity contribution is -0.943. The van der Waals surface area contributed by atoms with Crippen molar-refractivity contribution in [3.05, 3.63) is 53.6 Å². The molecule has 2 heterocycles. The molecule has 49 heavy (non-hydrogen) atoms. The third kappa shape index (κ3) is 4.76. The van der Waals surface area contributed by atoms with E-state index in [4.69, 9.17) is 4.74 Å². The largest absolute Gasteiger partial charge is 0.478 e. The van der Waals surface area contributed by atoms with Gasteiger partial charge in [0.25, 0.3) is 0 Å². The van der Waals surface area contributed by atoms with Gasteiger partial charge in [-0.1, -0.05) is 65.0 Å². The molecule has 2 unspecified atom stereocenters. The molecule has 5 heteroatoms. The number of hydrogen-bond donors (Lipinski definition) is 3. The molecule has 0 spiro atoms. The predicted molar refractivity (Wildman–Crippen MR) is 197 cm³/mol. The molecule has 8 rings (SSSR count). The monoisotopic (exact) mass is 669 g/mol. The second-order valence-corrected chi connectivity index (χ2v) is 20.0. The first-order valence-corrected chi connectivity index (χ1v) is 20.0. The van der Waals surface area contributed by atoms with Gasteiger partial charge in [-0.15, -0.1) is 0 Å². The fourth-order valence-electron chi connectivity index (χ4n) is 15.0. The van der Waals surface area contributed by atoms with Crippen molar-refractivity contribution in [1.29, 1.82) is 0 Å². The molecule has 2 saturated heterocycles. The molecule has 5 nitrogen and oxygen atoms in total. The van der Waals surface area contributed by atoms with Crippen molar-refractivity contribution in [2.24, 2.45) is 51.2 Å². The highest BCUT2D eigenvalue weighted by Gasteiger charge is 2.70.